The van der Waals surface area contributed by atoms with Gasteiger partial charge >= 0.3 is 0 Å². The van der Waals surface area contributed by atoms with Crippen molar-refractivity contribution < 1.29 is 0 Å². The number of rotatable bonds is 5. The van der Waals surface area contributed by atoms with E-state index in [4.69, 9.17) is 9.97 Å². The molecule has 6 heterocycles. The molecule has 0 fully saturated rings. The minimum absolute atomic E-state index is 0.870. The molecule has 0 spiro atoms. The summed E-state index contributed by atoms with van der Waals surface area (Å²) in [4.78, 5) is 10.2. The highest BCUT2D eigenvalue weighted by Gasteiger charge is 2.19. The fraction of sp³-hybridized carbons (Fsp3) is 0. The highest BCUT2D eigenvalue weighted by atomic mass is 15.1. The summed E-state index contributed by atoms with van der Waals surface area (Å²) in [5, 5.41) is 9.79. The summed E-state index contributed by atoms with van der Waals surface area (Å²) in [6.45, 7) is 0. The molecule has 0 aliphatic heterocycles. The van der Waals surface area contributed by atoms with Crippen LogP contribution in [-0.2, 0) is 0 Å². The molecule has 0 aliphatic rings. The van der Waals surface area contributed by atoms with E-state index in [1.807, 2.05) is 12.4 Å². The van der Waals surface area contributed by atoms with E-state index in [0.29, 0.717) is 0 Å². The van der Waals surface area contributed by atoms with Crippen LogP contribution in [0.1, 0.15) is 0 Å². The van der Waals surface area contributed by atoms with Gasteiger partial charge in [-0.25, -0.2) is 9.97 Å². The Labute approximate surface area is 366 Å². The van der Waals surface area contributed by atoms with E-state index in [1.165, 1.54) is 65.2 Å². The van der Waals surface area contributed by atoms with Gasteiger partial charge in [-0.2, -0.15) is 0 Å². The molecule has 0 saturated heterocycles. The number of pyridine rings is 2. The molecule has 8 aromatic carbocycles. The fourth-order valence-electron chi connectivity index (χ4n) is 10.5. The molecule has 6 aromatic heterocycles. The molecule has 14 rings (SSSR count). The molecule has 0 N–H and O–H groups in total. The summed E-state index contributed by atoms with van der Waals surface area (Å²) in [7, 11) is 0. The lowest BCUT2D eigenvalue weighted by molar-refractivity contribution is 1.07. The van der Waals surface area contributed by atoms with Crippen LogP contribution in [0.2, 0.25) is 0 Å². The van der Waals surface area contributed by atoms with E-state index in [9.17, 15) is 0 Å². The van der Waals surface area contributed by atoms with Gasteiger partial charge in [0.15, 0.2) is 0 Å². The second-order valence-electron chi connectivity index (χ2n) is 16.7. The minimum atomic E-state index is 0.870. The molecule has 64 heavy (non-hydrogen) atoms. The molecule has 6 heteroatoms. The summed E-state index contributed by atoms with van der Waals surface area (Å²) in [5.41, 5.74) is 13.6. The van der Waals surface area contributed by atoms with Gasteiger partial charge in [-0.1, -0.05) is 109 Å². The van der Waals surface area contributed by atoms with Crippen LogP contribution in [0.15, 0.2) is 219 Å². The first-order valence-corrected chi connectivity index (χ1v) is 21.7. The standard InChI is InChI=1S/C58H36N6/c1-7-19-49-41(13-1)42-14-2-8-20-50(42)61(49)39-27-29-55-47(33-39)45-17-5-11-23-53(45)63(55)57-31-25-37(35-59-57)38-26-32-58(60-36-38)64-54-24-12-6-18-46(54)48-34-40(28-30-56(48)64)62-51-21-9-3-15-43(51)44-16-4-10-22-52(44)62/h1-36H. The highest BCUT2D eigenvalue weighted by Crippen LogP contribution is 2.39. The Morgan fingerprint density at radius 2 is 0.516 bits per heavy atom. The zero-order valence-corrected chi connectivity index (χ0v) is 34.5. The first kappa shape index (κ1) is 34.9. The van der Waals surface area contributed by atoms with Crippen molar-refractivity contribution in [3.8, 4) is 34.1 Å². The summed E-state index contributed by atoms with van der Waals surface area (Å²) in [6, 6.07) is 74.1. The van der Waals surface area contributed by atoms with Crippen molar-refractivity contribution in [3.05, 3.63) is 219 Å². The maximum Gasteiger partial charge on any atom is 0.137 e. The van der Waals surface area contributed by atoms with Crippen molar-refractivity contribution in [2.45, 2.75) is 0 Å². The molecule has 0 atom stereocenters. The van der Waals surface area contributed by atoms with Crippen LogP contribution in [0.25, 0.3) is 121 Å². The first-order valence-electron chi connectivity index (χ1n) is 21.7. The van der Waals surface area contributed by atoms with Gasteiger partial charge in [-0.05, 0) is 97.1 Å². The second-order valence-corrected chi connectivity index (χ2v) is 16.7. The Morgan fingerprint density at radius 1 is 0.234 bits per heavy atom. The Balaban J connectivity index is 0.830. The van der Waals surface area contributed by atoms with Gasteiger partial charge in [0.25, 0.3) is 0 Å². The van der Waals surface area contributed by atoms with Crippen LogP contribution in [0.4, 0.5) is 0 Å². The number of aromatic nitrogens is 6. The van der Waals surface area contributed by atoms with Gasteiger partial charge in [0, 0.05) is 78.0 Å². The zero-order valence-electron chi connectivity index (χ0n) is 34.5. The lowest BCUT2D eigenvalue weighted by atomic mass is 10.1. The van der Waals surface area contributed by atoms with Crippen LogP contribution in [0.3, 0.4) is 0 Å². The Morgan fingerprint density at radius 3 is 0.828 bits per heavy atom. The van der Waals surface area contributed by atoms with Crippen molar-refractivity contribution in [2.24, 2.45) is 0 Å². The molecular formula is C58H36N6. The normalized spacial score (nSPS) is 12.1. The van der Waals surface area contributed by atoms with Gasteiger partial charge in [-0.15, -0.1) is 0 Å². The summed E-state index contributed by atoms with van der Waals surface area (Å²) in [5.74, 6) is 1.74. The predicted molar refractivity (Wildman–Crippen MR) is 265 cm³/mol. The Bertz CT molecular complexity index is 3800. The lowest BCUT2D eigenvalue weighted by Crippen LogP contribution is -1.99. The topological polar surface area (TPSA) is 45.5 Å². The first-order chi connectivity index (χ1) is 31.8. The van der Waals surface area contributed by atoms with E-state index in [0.717, 1.165) is 56.2 Å². The average molecular weight is 817 g/mol. The molecule has 0 radical (unpaired) electrons. The van der Waals surface area contributed by atoms with Crippen LogP contribution in [0.5, 0.6) is 0 Å². The molecule has 0 amide bonds. The molecule has 0 aliphatic carbocycles. The smallest absolute Gasteiger partial charge is 0.137 e. The van der Waals surface area contributed by atoms with Crippen molar-refractivity contribution >= 4 is 87.2 Å². The van der Waals surface area contributed by atoms with Crippen LogP contribution >= 0.6 is 0 Å². The zero-order chi connectivity index (χ0) is 41.9. The Kier molecular flexibility index (Phi) is 7.30. The van der Waals surface area contributed by atoms with Crippen LogP contribution in [0, 0.1) is 0 Å². The average Bonchev–Trinajstić information content (AvgIpc) is 4.09. The number of hydrogen-bond donors (Lipinski definition) is 0. The Hall–Kier alpha value is -8.74. The van der Waals surface area contributed by atoms with E-state index in [2.05, 4.69) is 225 Å². The minimum Gasteiger partial charge on any atom is -0.309 e. The van der Waals surface area contributed by atoms with Crippen LogP contribution in [-0.4, -0.2) is 28.2 Å². The summed E-state index contributed by atoms with van der Waals surface area (Å²) in [6.07, 6.45) is 3.94. The van der Waals surface area contributed by atoms with Crippen molar-refractivity contribution in [2.75, 3.05) is 0 Å². The lowest BCUT2D eigenvalue weighted by Gasteiger charge is -2.11. The number of hydrogen-bond acceptors (Lipinski definition) is 2. The molecule has 298 valence electrons. The number of para-hydroxylation sites is 6. The van der Waals surface area contributed by atoms with E-state index in [-0.39, 0.29) is 0 Å². The quantitative estimate of drug-likeness (QED) is 0.174. The van der Waals surface area contributed by atoms with E-state index >= 15 is 0 Å². The molecule has 6 nitrogen and oxygen atoms in total. The van der Waals surface area contributed by atoms with Gasteiger partial charge < -0.3 is 9.13 Å². The number of fused-ring (bicyclic) bond motifs is 12. The third-order valence-electron chi connectivity index (χ3n) is 13.3. The van der Waals surface area contributed by atoms with Gasteiger partial charge in [0.2, 0.25) is 0 Å². The van der Waals surface area contributed by atoms with Gasteiger partial charge in [-0.3, -0.25) is 9.13 Å². The SMILES string of the molecule is c1ccc2c(c1)c1ccccc1n2-c1ccc2c(c1)c1ccccc1n2-c1ccc(-c2ccc(-n3c4ccccc4c4cc(-n5c6ccccc6c6ccccc65)ccc43)nc2)cn1. The summed E-state index contributed by atoms with van der Waals surface area (Å²) >= 11 is 0. The predicted octanol–water partition coefficient (Wildman–Crippen LogP) is 14.5. The third kappa shape index (κ3) is 4.96. The second kappa shape index (κ2) is 13.4. The maximum absolute atomic E-state index is 5.10. The van der Waals surface area contributed by atoms with Gasteiger partial charge in [0.1, 0.15) is 11.6 Å². The highest BCUT2D eigenvalue weighted by molar-refractivity contribution is 6.14. The van der Waals surface area contributed by atoms with Crippen molar-refractivity contribution in [3.63, 3.8) is 0 Å². The third-order valence-corrected chi connectivity index (χ3v) is 13.3. The maximum atomic E-state index is 5.10. The molecule has 0 bridgehead atoms. The van der Waals surface area contributed by atoms with Crippen molar-refractivity contribution in [1.82, 2.24) is 28.2 Å². The molecule has 0 unspecified atom stereocenters. The molecule has 0 saturated carbocycles. The number of benzene rings is 8. The number of nitrogens with zero attached hydrogens (tertiary/aromatic N) is 6. The van der Waals surface area contributed by atoms with E-state index in [1.54, 1.807) is 0 Å². The molecule has 14 aromatic rings. The fourth-order valence-corrected chi connectivity index (χ4v) is 10.5. The van der Waals surface area contributed by atoms with Gasteiger partial charge in [0.05, 0.1) is 44.1 Å². The summed E-state index contributed by atoms with van der Waals surface area (Å²) < 4.78 is 9.32. The van der Waals surface area contributed by atoms with E-state index < -0.39 is 0 Å². The van der Waals surface area contributed by atoms with Crippen LogP contribution < -0.4 is 0 Å². The monoisotopic (exact) mass is 816 g/mol. The molecular weight excluding hydrogens is 781 g/mol. The van der Waals surface area contributed by atoms with Crippen molar-refractivity contribution in [1.29, 1.82) is 0 Å². The largest absolute Gasteiger partial charge is 0.309 e.